The van der Waals surface area contributed by atoms with E-state index in [1.807, 2.05) is 19.1 Å². The highest BCUT2D eigenvalue weighted by Crippen LogP contribution is 2.33. The van der Waals surface area contributed by atoms with Gasteiger partial charge in [0, 0.05) is 24.6 Å². The fraction of sp³-hybridized carbons (Fsp3) is 0.333. The van der Waals surface area contributed by atoms with Crippen molar-refractivity contribution in [1.29, 1.82) is 0 Å². The van der Waals surface area contributed by atoms with Gasteiger partial charge in [-0.05, 0) is 31.2 Å². The fourth-order valence-corrected chi connectivity index (χ4v) is 2.54. The van der Waals surface area contributed by atoms with Crippen molar-refractivity contribution in [3.05, 3.63) is 35.5 Å². The smallest absolute Gasteiger partial charge is 0.169 e. The van der Waals surface area contributed by atoms with Crippen LogP contribution < -0.4 is 4.74 Å². The molecular formula is C15H14ClNO3. The zero-order valence-corrected chi connectivity index (χ0v) is 11.8. The Morgan fingerprint density at radius 1 is 1.40 bits per heavy atom. The third-order valence-corrected chi connectivity index (χ3v) is 3.69. The predicted molar refractivity (Wildman–Crippen MR) is 76.2 cm³/mol. The van der Waals surface area contributed by atoms with Crippen molar-refractivity contribution in [1.82, 2.24) is 4.98 Å². The van der Waals surface area contributed by atoms with Crippen LogP contribution in [-0.4, -0.2) is 29.6 Å². The molecule has 0 N–H and O–H groups in total. The van der Waals surface area contributed by atoms with Gasteiger partial charge in [-0.15, -0.1) is 0 Å². The normalized spacial score (nSPS) is 21.8. The number of benzene rings is 1. The first kappa shape index (κ1) is 13.3. The number of pyridine rings is 1. The summed E-state index contributed by atoms with van der Waals surface area (Å²) in [7, 11) is 0. The van der Waals surface area contributed by atoms with E-state index in [2.05, 4.69) is 4.98 Å². The number of halogens is 1. The van der Waals surface area contributed by atoms with Crippen LogP contribution in [0.5, 0.6) is 5.75 Å². The van der Waals surface area contributed by atoms with Gasteiger partial charge in [-0.1, -0.05) is 11.6 Å². The maximum atomic E-state index is 11.5. The average molecular weight is 292 g/mol. The number of hydrogen-bond donors (Lipinski definition) is 0. The first-order chi connectivity index (χ1) is 9.70. The van der Waals surface area contributed by atoms with Gasteiger partial charge in [0.1, 0.15) is 17.4 Å². The Bertz CT molecular complexity index is 659. The van der Waals surface area contributed by atoms with Gasteiger partial charge >= 0.3 is 0 Å². The summed E-state index contributed by atoms with van der Waals surface area (Å²) < 4.78 is 11.3. The molecule has 1 aliphatic carbocycles. The van der Waals surface area contributed by atoms with Gasteiger partial charge in [0.15, 0.2) is 11.9 Å². The lowest BCUT2D eigenvalue weighted by molar-refractivity contribution is -0.154. The molecule has 0 aliphatic heterocycles. The summed E-state index contributed by atoms with van der Waals surface area (Å²) in [6, 6.07) is 7.28. The van der Waals surface area contributed by atoms with Crippen molar-refractivity contribution in [2.24, 2.45) is 0 Å². The van der Waals surface area contributed by atoms with E-state index in [0.29, 0.717) is 29.3 Å². The second kappa shape index (κ2) is 5.38. The van der Waals surface area contributed by atoms with E-state index >= 15 is 0 Å². The Kier molecular flexibility index (Phi) is 3.59. The van der Waals surface area contributed by atoms with Crippen LogP contribution in [0.25, 0.3) is 10.9 Å². The molecule has 1 heterocycles. The Labute approximate surface area is 121 Å². The minimum atomic E-state index is -0.463. The molecule has 0 bridgehead atoms. The second-order valence-electron chi connectivity index (χ2n) is 4.65. The molecule has 3 rings (SSSR count). The molecule has 1 aromatic carbocycles. The van der Waals surface area contributed by atoms with E-state index in [1.165, 1.54) is 0 Å². The van der Waals surface area contributed by atoms with E-state index in [4.69, 9.17) is 21.1 Å². The molecule has 0 spiro atoms. The minimum absolute atomic E-state index is 0.0862. The molecule has 2 atom stereocenters. The number of carbonyl (C=O) groups is 1. The Morgan fingerprint density at radius 2 is 2.25 bits per heavy atom. The number of carbonyl (C=O) groups excluding carboxylic acids is 1. The molecular weight excluding hydrogens is 278 g/mol. The number of ether oxygens (including phenoxy) is 2. The zero-order chi connectivity index (χ0) is 14.1. The van der Waals surface area contributed by atoms with Crippen LogP contribution in [0.15, 0.2) is 30.5 Å². The number of rotatable bonds is 4. The summed E-state index contributed by atoms with van der Waals surface area (Å²) in [5, 5.41) is 1.47. The summed E-state index contributed by atoms with van der Waals surface area (Å²) in [5.74, 6) is 0.718. The average Bonchev–Trinajstić information content (AvgIpc) is 2.47. The largest absolute Gasteiger partial charge is 0.484 e. The Morgan fingerprint density at radius 3 is 3.00 bits per heavy atom. The van der Waals surface area contributed by atoms with Crippen LogP contribution >= 0.6 is 11.6 Å². The summed E-state index contributed by atoms with van der Waals surface area (Å²) in [4.78, 5) is 15.8. The Balaban J connectivity index is 1.88. The van der Waals surface area contributed by atoms with E-state index < -0.39 is 6.10 Å². The van der Waals surface area contributed by atoms with Crippen LogP contribution in [-0.2, 0) is 9.53 Å². The molecule has 2 unspecified atom stereocenters. The molecule has 104 valence electrons. The molecule has 1 saturated carbocycles. The van der Waals surface area contributed by atoms with Crippen molar-refractivity contribution in [2.45, 2.75) is 25.6 Å². The van der Waals surface area contributed by atoms with E-state index in [-0.39, 0.29) is 11.9 Å². The zero-order valence-electron chi connectivity index (χ0n) is 11.0. The van der Waals surface area contributed by atoms with Crippen molar-refractivity contribution in [3.63, 3.8) is 0 Å². The molecule has 1 aliphatic rings. The number of hydrogen-bond acceptors (Lipinski definition) is 4. The first-order valence-corrected chi connectivity index (χ1v) is 6.92. The van der Waals surface area contributed by atoms with Crippen LogP contribution in [0.3, 0.4) is 0 Å². The highest BCUT2D eigenvalue weighted by atomic mass is 35.5. The van der Waals surface area contributed by atoms with Gasteiger partial charge < -0.3 is 9.47 Å². The van der Waals surface area contributed by atoms with Crippen molar-refractivity contribution in [2.75, 3.05) is 6.61 Å². The molecule has 0 saturated heterocycles. The molecule has 0 amide bonds. The van der Waals surface area contributed by atoms with Gasteiger partial charge in [-0.3, -0.25) is 9.78 Å². The fourth-order valence-electron chi connectivity index (χ4n) is 2.32. The van der Waals surface area contributed by atoms with E-state index in [0.717, 1.165) is 5.39 Å². The topological polar surface area (TPSA) is 48.4 Å². The number of Topliss-reactive ketones (excluding diaryl/α,β-unsaturated/α-hetero) is 1. The molecule has 0 radical (unpaired) electrons. The maximum absolute atomic E-state index is 11.5. The standard InChI is InChI=1S/C15H14ClNO3/c1-2-19-15-11(18)8-13(15)20-12-6-5-10(16)9-4-3-7-17-14(9)12/h3-7,13,15H,2,8H2,1H3. The third kappa shape index (κ3) is 2.25. The van der Waals surface area contributed by atoms with Gasteiger partial charge in [0.25, 0.3) is 0 Å². The van der Waals surface area contributed by atoms with Crippen LogP contribution in [0.4, 0.5) is 0 Å². The monoisotopic (exact) mass is 291 g/mol. The van der Waals surface area contributed by atoms with Gasteiger partial charge in [-0.2, -0.15) is 0 Å². The highest BCUT2D eigenvalue weighted by Gasteiger charge is 2.42. The van der Waals surface area contributed by atoms with Crippen LogP contribution in [0.1, 0.15) is 13.3 Å². The SMILES string of the molecule is CCOC1C(=O)CC1Oc1ccc(Cl)c2cccnc12. The summed E-state index contributed by atoms with van der Waals surface area (Å²) in [5.41, 5.74) is 0.703. The van der Waals surface area contributed by atoms with E-state index in [1.54, 1.807) is 18.3 Å². The third-order valence-electron chi connectivity index (χ3n) is 3.36. The molecule has 1 aromatic heterocycles. The van der Waals surface area contributed by atoms with Crippen LogP contribution in [0.2, 0.25) is 5.02 Å². The number of aromatic nitrogens is 1. The Hall–Kier alpha value is -1.65. The highest BCUT2D eigenvalue weighted by molar-refractivity contribution is 6.35. The summed E-state index contributed by atoms with van der Waals surface area (Å²) in [6.07, 6.45) is 1.36. The first-order valence-electron chi connectivity index (χ1n) is 6.55. The number of fused-ring (bicyclic) bond motifs is 1. The molecule has 5 heteroatoms. The predicted octanol–water partition coefficient (Wildman–Crippen LogP) is 3.01. The van der Waals surface area contributed by atoms with E-state index in [9.17, 15) is 4.79 Å². The minimum Gasteiger partial charge on any atom is -0.484 e. The number of nitrogens with zero attached hydrogens (tertiary/aromatic N) is 1. The summed E-state index contributed by atoms with van der Waals surface area (Å²) in [6.45, 7) is 2.36. The molecule has 2 aromatic rings. The quantitative estimate of drug-likeness (QED) is 0.869. The van der Waals surface area contributed by atoms with Crippen molar-refractivity contribution >= 4 is 28.3 Å². The summed E-state index contributed by atoms with van der Waals surface area (Å²) >= 11 is 6.14. The lowest BCUT2D eigenvalue weighted by Crippen LogP contribution is -2.52. The number of ketones is 1. The molecule has 1 fully saturated rings. The van der Waals surface area contributed by atoms with Crippen molar-refractivity contribution < 1.29 is 14.3 Å². The van der Waals surface area contributed by atoms with Gasteiger partial charge in [-0.25, -0.2) is 0 Å². The lowest BCUT2D eigenvalue weighted by Gasteiger charge is -2.34. The van der Waals surface area contributed by atoms with Gasteiger partial charge in [0.05, 0.1) is 5.02 Å². The lowest BCUT2D eigenvalue weighted by atomic mass is 9.90. The van der Waals surface area contributed by atoms with Crippen LogP contribution in [0, 0.1) is 0 Å². The van der Waals surface area contributed by atoms with Gasteiger partial charge in [0.2, 0.25) is 0 Å². The van der Waals surface area contributed by atoms with Crippen molar-refractivity contribution in [3.8, 4) is 5.75 Å². The molecule has 4 nitrogen and oxygen atoms in total. The maximum Gasteiger partial charge on any atom is 0.169 e. The second-order valence-corrected chi connectivity index (χ2v) is 5.05. The molecule has 20 heavy (non-hydrogen) atoms.